The summed E-state index contributed by atoms with van der Waals surface area (Å²) in [6.45, 7) is 6.31. The van der Waals surface area contributed by atoms with E-state index in [-0.39, 0.29) is 10.6 Å². The van der Waals surface area contributed by atoms with Crippen molar-refractivity contribution < 1.29 is 13.5 Å². The van der Waals surface area contributed by atoms with Crippen LogP contribution >= 0.6 is 15.9 Å². The Kier molecular flexibility index (Phi) is 4.36. The van der Waals surface area contributed by atoms with Crippen LogP contribution in [0.15, 0.2) is 27.6 Å². The van der Waals surface area contributed by atoms with Gasteiger partial charge >= 0.3 is 0 Å². The molecule has 108 valence electrons. The molecule has 0 heterocycles. The van der Waals surface area contributed by atoms with Gasteiger partial charge in [0.2, 0.25) is 10.0 Å². The van der Waals surface area contributed by atoms with Crippen LogP contribution < -0.4 is 10.5 Å². The first-order chi connectivity index (χ1) is 8.37. The van der Waals surface area contributed by atoms with Crippen molar-refractivity contribution in [2.45, 2.75) is 43.7 Å². The molecule has 1 aromatic carbocycles. The van der Waals surface area contributed by atoms with E-state index >= 15 is 0 Å². The minimum atomic E-state index is -3.80. The Morgan fingerprint density at radius 3 is 2.21 bits per heavy atom. The fourth-order valence-electron chi connectivity index (χ4n) is 1.28. The molecule has 1 aromatic rings. The van der Waals surface area contributed by atoms with Gasteiger partial charge in [-0.1, -0.05) is 15.9 Å². The highest BCUT2D eigenvalue weighted by atomic mass is 79.9. The highest BCUT2D eigenvalue weighted by Gasteiger charge is 2.39. The van der Waals surface area contributed by atoms with E-state index in [4.69, 9.17) is 5.73 Å². The van der Waals surface area contributed by atoms with Gasteiger partial charge in [0.1, 0.15) is 4.90 Å². The summed E-state index contributed by atoms with van der Waals surface area (Å²) >= 11 is 3.22. The Balaban J connectivity index is 3.20. The maximum absolute atomic E-state index is 12.3. The van der Waals surface area contributed by atoms with Crippen LogP contribution in [0.25, 0.3) is 0 Å². The van der Waals surface area contributed by atoms with Crippen LogP contribution in [0, 0.1) is 0 Å². The highest BCUT2D eigenvalue weighted by molar-refractivity contribution is 9.10. The summed E-state index contributed by atoms with van der Waals surface area (Å²) in [7, 11) is -3.80. The van der Waals surface area contributed by atoms with Gasteiger partial charge in [-0.25, -0.2) is 13.1 Å². The average Bonchev–Trinajstić information content (AvgIpc) is 2.12. The van der Waals surface area contributed by atoms with E-state index in [9.17, 15) is 13.5 Å². The van der Waals surface area contributed by atoms with Crippen molar-refractivity contribution in [3.05, 3.63) is 22.7 Å². The lowest BCUT2D eigenvalue weighted by atomic mass is 9.87. The smallest absolute Gasteiger partial charge is 0.243 e. The first kappa shape index (κ1) is 16.4. The van der Waals surface area contributed by atoms with Crippen molar-refractivity contribution in [2.24, 2.45) is 0 Å². The molecule has 4 N–H and O–H groups in total. The number of nitrogens with one attached hydrogen (secondary N) is 1. The quantitative estimate of drug-likeness (QED) is 0.722. The Morgan fingerprint density at radius 2 is 1.79 bits per heavy atom. The SMILES string of the molecule is CC(C)(O)C(C)(C)NS(=O)(=O)c1ccc(Br)cc1N. The molecule has 0 aliphatic rings. The van der Waals surface area contributed by atoms with Crippen molar-refractivity contribution in [1.82, 2.24) is 4.72 Å². The first-order valence-electron chi connectivity index (χ1n) is 5.68. The third kappa shape index (κ3) is 3.68. The van der Waals surface area contributed by atoms with Crippen molar-refractivity contribution in [3.63, 3.8) is 0 Å². The summed E-state index contributed by atoms with van der Waals surface area (Å²) in [4.78, 5) is -0.00646. The summed E-state index contributed by atoms with van der Waals surface area (Å²) in [5.74, 6) is 0. The molecule has 0 aliphatic heterocycles. The summed E-state index contributed by atoms with van der Waals surface area (Å²) < 4.78 is 27.8. The van der Waals surface area contributed by atoms with E-state index < -0.39 is 21.2 Å². The molecule has 0 atom stereocenters. The Hall–Kier alpha value is -0.630. The van der Waals surface area contributed by atoms with Gasteiger partial charge in [-0.05, 0) is 45.9 Å². The first-order valence-corrected chi connectivity index (χ1v) is 7.96. The molecule has 1 rings (SSSR count). The van der Waals surface area contributed by atoms with Crippen molar-refractivity contribution in [1.29, 1.82) is 0 Å². The molecule has 0 spiro atoms. The van der Waals surface area contributed by atoms with E-state index in [1.165, 1.54) is 12.1 Å². The minimum absolute atomic E-state index is 0.00646. The van der Waals surface area contributed by atoms with E-state index in [1.807, 2.05) is 0 Å². The van der Waals surface area contributed by atoms with Crippen LogP contribution in [0.3, 0.4) is 0 Å². The number of nitrogen functional groups attached to an aromatic ring is 1. The monoisotopic (exact) mass is 350 g/mol. The van der Waals surface area contributed by atoms with Crippen LogP contribution in [0.1, 0.15) is 27.7 Å². The number of anilines is 1. The molecular formula is C12H19BrN2O3S. The lowest BCUT2D eigenvalue weighted by molar-refractivity contribution is 0.00639. The minimum Gasteiger partial charge on any atom is -0.398 e. The molecule has 0 aromatic heterocycles. The fourth-order valence-corrected chi connectivity index (χ4v) is 3.31. The fraction of sp³-hybridized carbons (Fsp3) is 0.500. The highest BCUT2D eigenvalue weighted by Crippen LogP contribution is 2.27. The van der Waals surface area contributed by atoms with Crippen molar-refractivity contribution in [2.75, 3.05) is 5.73 Å². The molecule has 7 heteroatoms. The van der Waals surface area contributed by atoms with Gasteiger partial charge in [0.15, 0.2) is 0 Å². The van der Waals surface area contributed by atoms with Crippen molar-refractivity contribution >= 4 is 31.6 Å². The molecule has 0 fully saturated rings. The zero-order chi connectivity index (χ0) is 15.1. The zero-order valence-electron chi connectivity index (χ0n) is 11.4. The second-order valence-corrected chi connectivity index (χ2v) is 8.04. The standard InChI is InChI=1S/C12H19BrN2O3S/c1-11(2,12(3,4)16)15-19(17,18)10-6-5-8(13)7-9(10)14/h5-7,15-16H,14H2,1-4H3. The third-order valence-corrected chi connectivity index (χ3v) is 5.40. The molecule has 0 saturated carbocycles. The second-order valence-electron chi connectivity index (χ2n) is 5.47. The number of rotatable bonds is 4. The largest absolute Gasteiger partial charge is 0.398 e. The number of halogens is 1. The molecule has 0 saturated heterocycles. The third-order valence-electron chi connectivity index (χ3n) is 3.18. The number of nitrogens with two attached hydrogens (primary N) is 1. The number of aliphatic hydroxyl groups is 1. The zero-order valence-corrected chi connectivity index (χ0v) is 13.8. The summed E-state index contributed by atoms with van der Waals surface area (Å²) in [6.07, 6.45) is 0. The van der Waals surface area contributed by atoms with Gasteiger partial charge in [0, 0.05) is 4.47 Å². The topological polar surface area (TPSA) is 92.4 Å². The van der Waals surface area contributed by atoms with Gasteiger partial charge < -0.3 is 10.8 Å². The van der Waals surface area contributed by atoms with E-state index in [2.05, 4.69) is 20.7 Å². The molecule has 0 amide bonds. The lowest BCUT2D eigenvalue weighted by Crippen LogP contribution is -2.57. The van der Waals surface area contributed by atoms with E-state index in [0.29, 0.717) is 4.47 Å². The maximum Gasteiger partial charge on any atom is 0.243 e. The summed E-state index contributed by atoms with van der Waals surface area (Å²) in [5.41, 5.74) is 3.62. The van der Waals surface area contributed by atoms with Gasteiger partial charge in [-0.3, -0.25) is 0 Å². The number of hydrogen-bond donors (Lipinski definition) is 3. The summed E-state index contributed by atoms with van der Waals surface area (Å²) in [6, 6.07) is 4.54. The predicted octanol–water partition coefficient (Wildman–Crippen LogP) is 1.86. The molecule has 0 unspecified atom stereocenters. The number of benzene rings is 1. The second kappa shape index (κ2) is 5.05. The molecule has 0 bridgehead atoms. The van der Waals surface area contributed by atoms with Crippen LogP contribution in [0.5, 0.6) is 0 Å². The van der Waals surface area contributed by atoms with Gasteiger partial charge in [-0.2, -0.15) is 0 Å². The van der Waals surface area contributed by atoms with Crippen LogP contribution in [0.4, 0.5) is 5.69 Å². The van der Waals surface area contributed by atoms with Gasteiger partial charge in [0.05, 0.1) is 16.8 Å². The lowest BCUT2D eigenvalue weighted by Gasteiger charge is -2.37. The molecule has 19 heavy (non-hydrogen) atoms. The van der Waals surface area contributed by atoms with Crippen molar-refractivity contribution in [3.8, 4) is 0 Å². The van der Waals surface area contributed by atoms with Gasteiger partial charge in [-0.15, -0.1) is 0 Å². The molecule has 0 aliphatic carbocycles. The molecule has 0 radical (unpaired) electrons. The Morgan fingerprint density at radius 1 is 1.26 bits per heavy atom. The maximum atomic E-state index is 12.3. The normalized spacial score (nSPS) is 13.6. The summed E-state index contributed by atoms with van der Waals surface area (Å²) in [5, 5.41) is 10.0. The van der Waals surface area contributed by atoms with Gasteiger partial charge in [0.25, 0.3) is 0 Å². The average molecular weight is 351 g/mol. The number of hydrogen-bond acceptors (Lipinski definition) is 4. The Labute approximate surface area is 122 Å². The predicted molar refractivity (Wildman–Crippen MR) is 79.3 cm³/mol. The van der Waals surface area contributed by atoms with Crippen LogP contribution in [0.2, 0.25) is 0 Å². The Bertz CT molecular complexity index is 577. The molecular weight excluding hydrogens is 332 g/mol. The number of sulfonamides is 1. The molecule has 5 nitrogen and oxygen atoms in total. The van der Waals surface area contributed by atoms with E-state index in [1.54, 1.807) is 33.8 Å². The van der Waals surface area contributed by atoms with Crippen LogP contribution in [-0.4, -0.2) is 24.7 Å². The van der Waals surface area contributed by atoms with E-state index in [0.717, 1.165) is 0 Å². The van der Waals surface area contributed by atoms with Crippen LogP contribution in [-0.2, 0) is 10.0 Å².